The van der Waals surface area contributed by atoms with E-state index in [4.69, 9.17) is 11.6 Å². The number of hydrogen-bond donors (Lipinski definition) is 2. The van der Waals surface area contributed by atoms with E-state index in [1.54, 1.807) is 4.90 Å². The SMILES string of the molecule is CCNC(=O)N(CC(=O)N(CCc1c[nH]c2ccccc12)Cc1ccc(Cl)cc1)C1CC1. The van der Waals surface area contributed by atoms with Gasteiger partial charge in [-0.15, -0.1) is 0 Å². The quantitative estimate of drug-likeness (QED) is 0.498. The van der Waals surface area contributed by atoms with Crippen LogP contribution in [0.1, 0.15) is 30.9 Å². The number of fused-ring (bicyclic) bond motifs is 1. The summed E-state index contributed by atoms with van der Waals surface area (Å²) in [6.07, 6.45) is 4.66. The van der Waals surface area contributed by atoms with Crippen molar-refractivity contribution in [2.45, 2.75) is 38.8 Å². The zero-order valence-electron chi connectivity index (χ0n) is 18.3. The molecule has 2 aromatic carbocycles. The van der Waals surface area contributed by atoms with Crippen LogP contribution < -0.4 is 5.32 Å². The fourth-order valence-electron chi connectivity index (χ4n) is 3.95. The number of aromatic nitrogens is 1. The molecule has 0 atom stereocenters. The maximum absolute atomic E-state index is 13.4. The highest BCUT2D eigenvalue weighted by Crippen LogP contribution is 2.27. The number of amides is 3. The number of nitrogens with zero attached hydrogens (tertiary/aromatic N) is 2. The largest absolute Gasteiger partial charge is 0.361 e. The van der Waals surface area contributed by atoms with Gasteiger partial charge in [-0.2, -0.15) is 0 Å². The average molecular weight is 453 g/mol. The third-order valence-corrected chi connectivity index (χ3v) is 6.10. The van der Waals surface area contributed by atoms with E-state index in [0.29, 0.717) is 24.7 Å². The fourth-order valence-corrected chi connectivity index (χ4v) is 4.07. The van der Waals surface area contributed by atoms with Gasteiger partial charge in [0.15, 0.2) is 0 Å². The molecule has 32 heavy (non-hydrogen) atoms. The Bertz CT molecular complexity index is 1070. The predicted octanol–water partition coefficient (Wildman–Crippen LogP) is 4.59. The highest BCUT2D eigenvalue weighted by Gasteiger charge is 2.34. The lowest BCUT2D eigenvalue weighted by molar-refractivity contribution is -0.132. The summed E-state index contributed by atoms with van der Waals surface area (Å²) in [5, 5.41) is 4.68. The minimum absolute atomic E-state index is 0.0436. The lowest BCUT2D eigenvalue weighted by Gasteiger charge is -2.28. The molecule has 6 nitrogen and oxygen atoms in total. The Morgan fingerprint density at radius 3 is 2.59 bits per heavy atom. The van der Waals surface area contributed by atoms with Gasteiger partial charge in [-0.25, -0.2) is 4.79 Å². The van der Waals surface area contributed by atoms with Gasteiger partial charge in [-0.3, -0.25) is 4.79 Å². The molecule has 2 N–H and O–H groups in total. The van der Waals surface area contributed by atoms with E-state index >= 15 is 0 Å². The summed E-state index contributed by atoms with van der Waals surface area (Å²) in [6.45, 7) is 3.57. The third kappa shape index (κ3) is 5.43. The summed E-state index contributed by atoms with van der Waals surface area (Å²) in [5.41, 5.74) is 3.28. The van der Waals surface area contributed by atoms with E-state index in [-0.39, 0.29) is 24.5 Å². The average Bonchev–Trinajstić information content (AvgIpc) is 3.56. The number of urea groups is 1. The Balaban J connectivity index is 1.50. The molecular weight excluding hydrogens is 424 g/mol. The van der Waals surface area contributed by atoms with Crippen LogP contribution in [0, 0.1) is 0 Å². The first-order valence-corrected chi connectivity index (χ1v) is 11.5. The minimum atomic E-state index is -0.161. The van der Waals surface area contributed by atoms with Crippen LogP contribution in [0.4, 0.5) is 4.79 Å². The molecule has 3 aromatic rings. The second-order valence-electron chi connectivity index (χ2n) is 8.25. The van der Waals surface area contributed by atoms with Crippen LogP contribution in [0.25, 0.3) is 10.9 Å². The molecule has 3 amide bonds. The van der Waals surface area contributed by atoms with Crippen LogP contribution in [0.3, 0.4) is 0 Å². The zero-order chi connectivity index (χ0) is 22.5. The van der Waals surface area contributed by atoms with Gasteiger partial charge >= 0.3 is 6.03 Å². The van der Waals surface area contributed by atoms with E-state index in [1.165, 1.54) is 10.9 Å². The number of hydrogen-bond acceptors (Lipinski definition) is 2. The second-order valence-corrected chi connectivity index (χ2v) is 8.68. The molecule has 0 aliphatic heterocycles. The smallest absolute Gasteiger partial charge is 0.318 e. The molecule has 168 valence electrons. The molecule has 1 fully saturated rings. The van der Waals surface area contributed by atoms with Gasteiger partial charge in [0.05, 0.1) is 0 Å². The fraction of sp³-hybridized carbons (Fsp3) is 0.360. The van der Waals surface area contributed by atoms with Crippen molar-refractivity contribution in [1.82, 2.24) is 20.1 Å². The number of para-hydroxylation sites is 1. The number of carbonyl (C=O) groups excluding carboxylic acids is 2. The van der Waals surface area contributed by atoms with Crippen molar-refractivity contribution < 1.29 is 9.59 Å². The van der Waals surface area contributed by atoms with Crippen molar-refractivity contribution in [2.75, 3.05) is 19.6 Å². The molecule has 1 saturated carbocycles. The number of H-pyrrole nitrogens is 1. The first-order chi connectivity index (χ1) is 15.5. The summed E-state index contributed by atoms with van der Waals surface area (Å²) >= 11 is 6.03. The molecule has 0 radical (unpaired) electrons. The molecule has 0 bridgehead atoms. The topological polar surface area (TPSA) is 68.4 Å². The molecule has 1 heterocycles. The monoisotopic (exact) mass is 452 g/mol. The lowest BCUT2D eigenvalue weighted by atomic mass is 10.1. The van der Waals surface area contributed by atoms with E-state index in [9.17, 15) is 9.59 Å². The standard InChI is InChI=1S/C25H29ClN4O2/c1-2-27-25(32)30(21-11-12-21)17-24(31)29(16-18-7-9-20(26)10-8-18)14-13-19-15-28-23-6-4-3-5-22(19)23/h3-10,15,21,28H,2,11-14,16-17H2,1H3,(H,27,32). The lowest BCUT2D eigenvalue weighted by Crippen LogP contribution is -2.48. The number of aromatic amines is 1. The Kier molecular flexibility index (Phi) is 7.00. The maximum Gasteiger partial charge on any atom is 0.318 e. The molecule has 1 aliphatic rings. The van der Waals surface area contributed by atoms with E-state index in [2.05, 4.69) is 22.4 Å². The molecule has 0 saturated heterocycles. The van der Waals surface area contributed by atoms with Gasteiger partial charge in [0.1, 0.15) is 6.54 Å². The summed E-state index contributed by atoms with van der Waals surface area (Å²) in [4.78, 5) is 32.7. The number of nitrogens with one attached hydrogen (secondary N) is 2. The minimum Gasteiger partial charge on any atom is -0.361 e. The van der Waals surface area contributed by atoms with Crippen LogP contribution >= 0.6 is 11.6 Å². The van der Waals surface area contributed by atoms with Gasteiger partial charge in [-0.05, 0) is 55.5 Å². The summed E-state index contributed by atoms with van der Waals surface area (Å²) in [6, 6.07) is 15.7. The number of benzene rings is 2. The number of carbonyl (C=O) groups is 2. The van der Waals surface area contributed by atoms with Crippen molar-refractivity contribution in [2.24, 2.45) is 0 Å². The first-order valence-electron chi connectivity index (χ1n) is 11.2. The van der Waals surface area contributed by atoms with Crippen LogP contribution in [-0.2, 0) is 17.8 Å². The Hall–Kier alpha value is -2.99. The molecule has 0 spiro atoms. The van der Waals surface area contributed by atoms with Gasteiger partial charge in [-0.1, -0.05) is 41.9 Å². The Morgan fingerprint density at radius 1 is 1.12 bits per heavy atom. The Labute approximate surface area is 193 Å². The van der Waals surface area contributed by atoms with E-state index < -0.39 is 0 Å². The second kappa shape index (κ2) is 10.1. The van der Waals surface area contributed by atoms with Crippen molar-refractivity contribution in [3.8, 4) is 0 Å². The molecular formula is C25H29ClN4O2. The summed E-state index contributed by atoms with van der Waals surface area (Å²) < 4.78 is 0. The highest BCUT2D eigenvalue weighted by molar-refractivity contribution is 6.30. The van der Waals surface area contributed by atoms with E-state index in [1.807, 2.05) is 54.4 Å². The Morgan fingerprint density at radius 2 is 1.88 bits per heavy atom. The van der Waals surface area contributed by atoms with Crippen LogP contribution in [-0.4, -0.2) is 52.4 Å². The van der Waals surface area contributed by atoms with Gasteiger partial charge in [0, 0.05) is 47.8 Å². The van der Waals surface area contributed by atoms with Gasteiger partial charge in [0.2, 0.25) is 5.91 Å². The normalized spacial score (nSPS) is 13.2. The van der Waals surface area contributed by atoms with Gasteiger partial charge < -0.3 is 20.1 Å². The number of rotatable bonds is 9. The number of halogens is 1. The predicted molar refractivity (Wildman–Crippen MR) is 128 cm³/mol. The van der Waals surface area contributed by atoms with Crippen LogP contribution in [0.15, 0.2) is 54.7 Å². The maximum atomic E-state index is 13.4. The van der Waals surface area contributed by atoms with Crippen molar-refractivity contribution in [1.29, 1.82) is 0 Å². The van der Waals surface area contributed by atoms with Gasteiger partial charge in [0.25, 0.3) is 0 Å². The molecule has 7 heteroatoms. The zero-order valence-corrected chi connectivity index (χ0v) is 19.1. The highest BCUT2D eigenvalue weighted by atomic mass is 35.5. The molecule has 1 aromatic heterocycles. The van der Waals surface area contributed by atoms with Crippen LogP contribution in [0.5, 0.6) is 0 Å². The molecule has 1 aliphatic carbocycles. The van der Waals surface area contributed by atoms with E-state index in [0.717, 1.165) is 30.3 Å². The third-order valence-electron chi connectivity index (χ3n) is 5.85. The molecule has 0 unspecified atom stereocenters. The first kappa shape index (κ1) is 22.2. The summed E-state index contributed by atoms with van der Waals surface area (Å²) in [5.74, 6) is -0.0436. The molecule has 4 rings (SSSR count). The van der Waals surface area contributed by atoms with Crippen molar-refractivity contribution in [3.63, 3.8) is 0 Å². The van der Waals surface area contributed by atoms with Crippen molar-refractivity contribution >= 4 is 34.4 Å². The summed E-state index contributed by atoms with van der Waals surface area (Å²) in [7, 11) is 0. The van der Waals surface area contributed by atoms with Crippen LogP contribution in [0.2, 0.25) is 5.02 Å². The van der Waals surface area contributed by atoms with Crippen molar-refractivity contribution in [3.05, 3.63) is 70.9 Å².